The van der Waals surface area contributed by atoms with Crippen LogP contribution < -0.4 is 5.32 Å². The molecule has 102 valence electrons. The van der Waals surface area contributed by atoms with Crippen LogP contribution in [0, 0.1) is 12.7 Å². The lowest BCUT2D eigenvalue weighted by Gasteiger charge is -2.02. The van der Waals surface area contributed by atoms with Crippen molar-refractivity contribution < 1.29 is 4.39 Å². The number of H-pyrrole nitrogens is 1. The Bertz CT molecular complexity index is 716. The van der Waals surface area contributed by atoms with Gasteiger partial charge in [-0.2, -0.15) is 0 Å². The quantitative estimate of drug-likeness (QED) is 0.763. The van der Waals surface area contributed by atoms with E-state index in [0.29, 0.717) is 13.1 Å². The molecule has 1 heterocycles. The number of aryl methyl sites for hydroxylation is 1. The Morgan fingerprint density at radius 2 is 1.90 bits per heavy atom. The predicted octanol–water partition coefficient (Wildman–Crippen LogP) is 3.30. The summed E-state index contributed by atoms with van der Waals surface area (Å²) in [4.78, 5) is 7.82. The zero-order chi connectivity index (χ0) is 13.9. The Balaban J connectivity index is 1.63. The largest absolute Gasteiger partial charge is 0.341 e. The molecular weight excluding hydrogens is 253 g/mol. The van der Waals surface area contributed by atoms with Gasteiger partial charge in [0.2, 0.25) is 0 Å². The molecule has 3 rings (SSSR count). The second-order valence-corrected chi connectivity index (χ2v) is 4.93. The first-order valence-corrected chi connectivity index (χ1v) is 6.61. The van der Waals surface area contributed by atoms with E-state index in [4.69, 9.17) is 0 Å². The monoisotopic (exact) mass is 269 g/mol. The minimum atomic E-state index is -0.207. The van der Waals surface area contributed by atoms with Crippen molar-refractivity contribution in [3.8, 4) is 0 Å². The van der Waals surface area contributed by atoms with Gasteiger partial charge < -0.3 is 10.3 Å². The Hall–Kier alpha value is -2.20. The van der Waals surface area contributed by atoms with Crippen LogP contribution in [0.5, 0.6) is 0 Å². The Morgan fingerprint density at radius 1 is 1.10 bits per heavy atom. The van der Waals surface area contributed by atoms with E-state index in [1.807, 2.05) is 6.07 Å². The fraction of sp³-hybridized carbons (Fsp3) is 0.188. The molecule has 0 spiro atoms. The maximum absolute atomic E-state index is 12.8. The van der Waals surface area contributed by atoms with Crippen LogP contribution in [0.25, 0.3) is 11.0 Å². The van der Waals surface area contributed by atoms with E-state index in [2.05, 4.69) is 34.3 Å². The van der Waals surface area contributed by atoms with E-state index in [0.717, 1.165) is 22.4 Å². The van der Waals surface area contributed by atoms with Crippen LogP contribution in [0.1, 0.15) is 17.0 Å². The van der Waals surface area contributed by atoms with Crippen molar-refractivity contribution in [1.82, 2.24) is 15.3 Å². The van der Waals surface area contributed by atoms with Crippen molar-refractivity contribution in [2.24, 2.45) is 0 Å². The van der Waals surface area contributed by atoms with Gasteiger partial charge in [-0.3, -0.25) is 0 Å². The van der Waals surface area contributed by atoms with Gasteiger partial charge >= 0.3 is 0 Å². The van der Waals surface area contributed by atoms with Crippen LogP contribution in [0.2, 0.25) is 0 Å². The fourth-order valence-corrected chi connectivity index (χ4v) is 2.19. The van der Waals surface area contributed by atoms with E-state index >= 15 is 0 Å². The molecule has 0 saturated heterocycles. The average Bonchev–Trinajstić information content (AvgIpc) is 2.83. The SMILES string of the molecule is Cc1ccc2nc(CNCc3ccc(F)cc3)[nH]c2c1. The third-order valence-corrected chi connectivity index (χ3v) is 3.22. The van der Waals surface area contributed by atoms with Crippen LogP contribution in [-0.2, 0) is 13.1 Å². The van der Waals surface area contributed by atoms with Crippen molar-refractivity contribution in [3.05, 3.63) is 65.2 Å². The average molecular weight is 269 g/mol. The zero-order valence-corrected chi connectivity index (χ0v) is 11.3. The number of aromatic amines is 1. The first-order valence-electron chi connectivity index (χ1n) is 6.61. The molecular formula is C16H16FN3. The number of halogens is 1. The molecule has 0 aliphatic heterocycles. The van der Waals surface area contributed by atoms with Crippen molar-refractivity contribution in [3.63, 3.8) is 0 Å². The summed E-state index contributed by atoms with van der Waals surface area (Å²) in [5.74, 6) is 0.703. The van der Waals surface area contributed by atoms with E-state index in [9.17, 15) is 4.39 Å². The van der Waals surface area contributed by atoms with Gasteiger partial charge in [0.25, 0.3) is 0 Å². The highest BCUT2D eigenvalue weighted by atomic mass is 19.1. The zero-order valence-electron chi connectivity index (χ0n) is 11.3. The van der Waals surface area contributed by atoms with Crippen molar-refractivity contribution in [2.75, 3.05) is 0 Å². The molecule has 2 aromatic carbocycles. The van der Waals surface area contributed by atoms with Crippen molar-refractivity contribution in [1.29, 1.82) is 0 Å². The second kappa shape index (κ2) is 5.43. The predicted molar refractivity (Wildman–Crippen MR) is 77.8 cm³/mol. The highest BCUT2D eigenvalue weighted by molar-refractivity contribution is 5.75. The molecule has 0 atom stereocenters. The molecule has 0 bridgehead atoms. The van der Waals surface area contributed by atoms with Gasteiger partial charge in [-0.25, -0.2) is 9.37 Å². The summed E-state index contributed by atoms with van der Waals surface area (Å²) >= 11 is 0. The highest BCUT2D eigenvalue weighted by Gasteiger charge is 2.02. The van der Waals surface area contributed by atoms with E-state index in [1.54, 1.807) is 12.1 Å². The number of hydrogen-bond acceptors (Lipinski definition) is 2. The molecule has 0 fully saturated rings. The molecule has 3 nitrogen and oxygen atoms in total. The minimum absolute atomic E-state index is 0.207. The molecule has 0 aliphatic carbocycles. The fourth-order valence-electron chi connectivity index (χ4n) is 2.19. The molecule has 3 aromatic rings. The molecule has 2 N–H and O–H groups in total. The summed E-state index contributed by atoms with van der Waals surface area (Å²) in [6.45, 7) is 3.41. The lowest BCUT2D eigenvalue weighted by Crippen LogP contribution is -2.13. The summed E-state index contributed by atoms with van der Waals surface area (Å²) in [6, 6.07) is 12.7. The lowest BCUT2D eigenvalue weighted by molar-refractivity contribution is 0.624. The van der Waals surface area contributed by atoms with Gasteiger partial charge in [-0.05, 0) is 42.3 Å². The van der Waals surface area contributed by atoms with Gasteiger partial charge in [0.15, 0.2) is 0 Å². The Kier molecular flexibility index (Phi) is 3.48. The van der Waals surface area contributed by atoms with Crippen LogP contribution >= 0.6 is 0 Å². The van der Waals surface area contributed by atoms with Crippen molar-refractivity contribution in [2.45, 2.75) is 20.0 Å². The van der Waals surface area contributed by atoms with Crippen LogP contribution in [0.4, 0.5) is 4.39 Å². The van der Waals surface area contributed by atoms with Crippen LogP contribution in [0.15, 0.2) is 42.5 Å². The van der Waals surface area contributed by atoms with E-state index < -0.39 is 0 Å². The summed E-state index contributed by atoms with van der Waals surface area (Å²) in [5.41, 5.74) is 4.31. The molecule has 0 aliphatic rings. The molecule has 0 amide bonds. The number of nitrogens with zero attached hydrogens (tertiary/aromatic N) is 1. The smallest absolute Gasteiger partial charge is 0.123 e. The summed E-state index contributed by atoms with van der Waals surface area (Å²) in [5, 5.41) is 3.30. The van der Waals surface area contributed by atoms with Gasteiger partial charge in [0.1, 0.15) is 11.6 Å². The molecule has 0 unspecified atom stereocenters. The number of imidazole rings is 1. The van der Waals surface area contributed by atoms with Crippen molar-refractivity contribution >= 4 is 11.0 Å². The minimum Gasteiger partial charge on any atom is -0.341 e. The maximum Gasteiger partial charge on any atom is 0.123 e. The number of nitrogens with one attached hydrogen (secondary N) is 2. The van der Waals surface area contributed by atoms with Crippen LogP contribution in [0.3, 0.4) is 0 Å². The lowest BCUT2D eigenvalue weighted by atomic mass is 10.2. The third-order valence-electron chi connectivity index (χ3n) is 3.22. The molecule has 0 radical (unpaired) electrons. The number of rotatable bonds is 4. The van der Waals surface area contributed by atoms with E-state index in [-0.39, 0.29) is 5.82 Å². The first-order chi connectivity index (χ1) is 9.70. The Labute approximate surface area is 116 Å². The molecule has 4 heteroatoms. The molecule has 20 heavy (non-hydrogen) atoms. The maximum atomic E-state index is 12.8. The van der Waals surface area contributed by atoms with Crippen LogP contribution in [-0.4, -0.2) is 9.97 Å². The third kappa shape index (κ3) is 2.86. The first kappa shape index (κ1) is 12.8. The number of hydrogen-bond donors (Lipinski definition) is 2. The highest BCUT2D eigenvalue weighted by Crippen LogP contribution is 2.13. The molecule has 1 aromatic heterocycles. The molecule has 0 saturated carbocycles. The van der Waals surface area contributed by atoms with Gasteiger partial charge in [0, 0.05) is 6.54 Å². The van der Waals surface area contributed by atoms with Gasteiger partial charge in [-0.15, -0.1) is 0 Å². The van der Waals surface area contributed by atoms with Gasteiger partial charge in [-0.1, -0.05) is 18.2 Å². The number of fused-ring (bicyclic) bond motifs is 1. The topological polar surface area (TPSA) is 40.7 Å². The van der Waals surface area contributed by atoms with E-state index in [1.165, 1.54) is 17.7 Å². The standard InChI is InChI=1S/C16H16FN3/c1-11-2-7-14-15(8-11)20-16(19-14)10-18-9-12-3-5-13(17)6-4-12/h2-8,18H,9-10H2,1H3,(H,19,20). The Morgan fingerprint density at radius 3 is 2.70 bits per heavy atom. The number of benzene rings is 2. The summed E-state index contributed by atoms with van der Waals surface area (Å²) < 4.78 is 12.8. The second-order valence-electron chi connectivity index (χ2n) is 4.93. The summed E-state index contributed by atoms with van der Waals surface area (Å²) in [7, 11) is 0. The number of aromatic nitrogens is 2. The summed E-state index contributed by atoms with van der Waals surface area (Å²) in [6.07, 6.45) is 0. The normalized spacial score (nSPS) is 11.1. The van der Waals surface area contributed by atoms with Gasteiger partial charge in [0.05, 0.1) is 17.6 Å².